The molecule has 4 unspecified atom stereocenters. The van der Waals surface area contributed by atoms with Gasteiger partial charge in [-0.15, -0.1) is 0 Å². The van der Waals surface area contributed by atoms with Crippen molar-refractivity contribution in [2.24, 2.45) is 38.7 Å². The minimum absolute atomic E-state index is 0.0324. The molecule has 0 aliphatic heterocycles. The van der Waals surface area contributed by atoms with Gasteiger partial charge in [-0.2, -0.15) is 0 Å². The fourth-order valence-electron chi connectivity index (χ4n) is 2.92. The van der Waals surface area contributed by atoms with Crippen LogP contribution in [0.2, 0.25) is 0 Å². The predicted molar refractivity (Wildman–Crippen MR) is 134 cm³/mol. The molecule has 0 saturated carbocycles. The lowest BCUT2D eigenvalue weighted by Gasteiger charge is -2.24. The molecule has 0 aliphatic rings. The molecule has 0 fully saturated rings. The number of carbonyl (C=O) groups is 5. The first-order valence-corrected chi connectivity index (χ1v) is 11.5. The third kappa shape index (κ3) is 15.5. The van der Waals surface area contributed by atoms with Crippen LogP contribution in [0.3, 0.4) is 0 Å². The molecule has 0 aromatic heterocycles. The molecule has 0 heterocycles. The molecule has 0 saturated heterocycles. The Morgan fingerprint density at radius 3 is 1.51 bits per heavy atom. The van der Waals surface area contributed by atoms with Crippen molar-refractivity contribution in [3.8, 4) is 0 Å². The molecule has 15 N–H and O–H groups in total. The molecule has 17 nitrogen and oxygen atoms in total. The van der Waals surface area contributed by atoms with Crippen molar-refractivity contribution in [3.05, 3.63) is 0 Å². The van der Waals surface area contributed by atoms with Crippen LogP contribution in [0, 0.1) is 0 Å². The molecule has 0 bridgehead atoms. The summed E-state index contributed by atoms with van der Waals surface area (Å²) >= 11 is 0. The minimum atomic E-state index is -1.41. The van der Waals surface area contributed by atoms with Crippen LogP contribution in [0.15, 0.2) is 9.98 Å². The summed E-state index contributed by atoms with van der Waals surface area (Å²) in [7, 11) is 0. The fraction of sp³-hybridized carbons (Fsp3) is 0.650. The highest BCUT2D eigenvalue weighted by Crippen LogP contribution is 2.06. The average molecular weight is 531 g/mol. The number of carbonyl (C=O) groups excluding carboxylic acids is 3. The topological polar surface area (TPSA) is 317 Å². The standard InChI is InChI=1S/C20H38N10O7/c1-10(21)15(33)28-11(4-2-8-26-19(22)23)16(34)29-12(6-7-14(31)32)17(35)30-13(18(36)37)5-3-9-27-20(24)25/h10-13H,2-9,21H2,1H3,(H,28,33)(H,29,34)(H,30,35)(H,31,32)(H,36,37)(H4,22,23,26)(H4,24,25,27). The molecule has 0 aromatic carbocycles. The quantitative estimate of drug-likeness (QED) is 0.0458. The number of nitrogens with zero attached hydrogens (tertiary/aromatic N) is 2. The van der Waals surface area contributed by atoms with Crippen LogP contribution in [0.5, 0.6) is 0 Å². The first-order chi connectivity index (χ1) is 17.2. The van der Waals surface area contributed by atoms with Crippen LogP contribution in [0.4, 0.5) is 0 Å². The number of carboxylic acids is 2. The number of rotatable bonds is 18. The maximum Gasteiger partial charge on any atom is 0.326 e. The zero-order chi connectivity index (χ0) is 28.5. The largest absolute Gasteiger partial charge is 0.481 e. The highest BCUT2D eigenvalue weighted by atomic mass is 16.4. The van der Waals surface area contributed by atoms with Crippen LogP contribution in [-0.2, 0) is 24.0 Å². The number of guanidine groups is 2. The second-order valence-corrected chi connectivity index (χ2v) is 8.14. The predicted octanol–water partition coefficient (Wildman–Crippen LogP) is -4.16. The van der Waals surface area contributed by atoms with Gasteiger partial charge in [0.15, 0.2) is 11.9 Å². The molecule has 0 rings (SSSR count). The summed E-state index contributed by atoms with van der Waals surface area (Å²) in [6.07, 6.45) is -0.302. The summed E-state index contributed by atoms with van der Waals surface area (Å²) in [6, 6.07) is -4.84. The van der Waals surface area contributed by atoms with Gasteiger partial charge in [0.2, 0.25) is 17.7 Å². The van der Waals surface area contributed by atoms with Crippen LogP contribution < -0.4 is 44.6 Å². The molecular weight excluding hydrogens is 492 g/mol. The number of nitrogens with two attached hydrogens (primary N) is 5. The molecule has 17 heteroatoms. The zero-order valence-corrected chi connectivity index (χ0v) is 20.7. The second kappa shape index (κ2) is 17.3. The summed E-state index contributed by atoms with van der Waals surface area (Å²) in [5, 5.41) is 25.6. The van der Waals surface area contributed by atoms with Crippen molar-refractivity contribution in [2.45, 2.75) is 69.6 Å². The summed E-state index contributed by atoms with van der Waals surface area (Å²) in [6.45, 7) is 1.69. The van der Waals surface area contributed by atoms with E-state index < -0.39 is 60.2 Å². The Morgan fingerprint density at radius 2 is 1.11 bits per heavy atom. The number of amides is 3. The molecule has 210 valence electrons. The smallest absolute Gasteiger partial charge is 0.326 e. The van der Waals surface area contributed by atoms with Crippen molar-refractivity contribution in [1.29, 1.82) is 0 Å². The second-order valence-electron chi connectivity index (χ2n) is 8.14. The van der Waals surface area contributed by atoms with E-state index in [1.807, 2.05) is 0 Å². The van der Waals surface area contributed by atoms with Crippen molar-refractivity contribution in [3.63, 3.8) is 0 Å². The van der Waals surface area contributed by atoms with Crippen LogP contribution in [0.1, 0.15) is 45.4 Å². The Bertz CT molecular complexity index is 854. The first-order valence-electron chi connectivity index (χ1n) is 11.5. The van der Waals surface area contributed by atoms with Crippen LogP contribution >= 0.6 is 0 Å². The van der Waals surface area contributed by atoms with Gasteiger partial charge in [-0.1, -0.05) is 0 Å². The Morgan fingerprint density at radius 1 is 0.703 bits per heavy atom. The van der Waals surface area contributed by atoms with Crippen molar-refractivity contribution in [2.75, 3.05) is 13.1 Å². The Hall–Kier alpha value is -4.15. The van der Waals surface area contributed by atoms with Gasteiger partial charge in [0.05, 0.1) is 6.04 Å². The minimum Gasteiger partial charge on any atom is -0.481 e. The van der Waals surface area contributed by atoms with E-state index >= 15 is 0 Å². The highest BCUT2D eigenvalue weighted by molar-refractivity contribution is 5.94. The van der Waals surface area contributed by atoms with Crippen molar-refractivity contribution in [1.82, 2.24) is 16.0 Å². The van der Waals surface area contributed by atoms with E-state index in [9.17, 15) is 29.1 Å². The molecule has 0 radical (unpaired) electrons. The summed E-state index contributed by atoms with van der Waals surface area (Å²) < 4.78 is 0. The van der Waals surface area contributed by atoms with Gasteiger partial charge < -0.3 is 54.8 Å². The molecular formula is C20H38N10O7. The number of aliphatic imine (C=N–C) groups is 2. The summed E-state index contributed by atoms with van der Waals surface area (Å²) in [5.74, 6) is -5.26. The normalized spacial score (nSPS) is 13.7. The maximum atomic E-state index is 12.9. The van der Waals surface area contributed by atoms with Gasteiger partial charge in [-0.05, 0) is 39.0 Å². The Kier molecular flexibility index (Phi) is 15.4. The van der Waals surface area contributed by atoms with Gasteiger partial charge >= 0.3 is 11.9 Å². The van der Waals surface area contributed by atoms with E-state index in [1.54, 1.807) is 0 Å². The lowest BCUT2D eigenvalue weighted by Crippen LogP contribution is -2.57. The lowest BCUT2D eigenvalue weighted by atomic mass is 10.1. The Balaban J connectivity index is 5.53. The van der Waals surface area contributed by atoms with E-state index in [0.717, 1.165) is 0 Å². The van der Waals surface area contributed by atoms with Crippen LogP contribution in [-0.4, -0.2) is 89.0 Å². The van der Waals surface area contributed by atoms with E-state index in [2.05, 4.69) is 25.9 Å². The SMILES string of the molecule is CC(N)C(=O)NC(CCCN=C(N)N)C(=O)NC(CCC(=O)O)C(=O)NC(CCCN=C(N)N)C(=O)O. The lowest BCUT2D eigenvalue weighted by molar-refractivity contribution is -0.143. The molecule has 3 amide bonds. The van der Waals surface area contributed by atoms with E-state index in [0.29, 0.717) is 0 Å². The number of aliphatic carboxylic acids is 2. The van der Waals surface area contributed by atoms with Crippen molar-refractivity contribution >= 4 is 41.6 Å². The number of carboxylic acid groups (broad SMARTS) is 2. The van der Waals surface area contributed by atoms with E-state index in [4.69, 9.17) is 33.8 Å². The number of nitrogens with one attached hydrogen (secondary N) is 3. The maximum absolute atomic E-state index is 12.9. The van der Waals surface area contributed by atoms with Gasteiger partial charge in [-0.25, -0.2) is 4.79 Å². The highest BCUT2D eigenvalue weighted by Gasteiger charge is 2.30. The average Bonchev–Trinajstić information content (AvgIpc) is 2.79. The number of hydrogen-bond donors (Lipinski definition) is 10. The third-order valence-corrected chi connectivity index (χ3v) is 4.83. The molecule has 0 aliphatic carbocycles. The Labute approximate surface area is 213 Å². The van der Waals surface area contributed by atoms with Gasteiger partial charge in [-0.3, -0.25) is 29.2 Å². The molecule has 4 atom stereocenters. The molecule has 0 aromatic rings. The van der Waals surface area contributed by atoms with Gasteiger partial charge in [0.1, 0.15) is 18.1 Å². The summed E-state index contributed by atoms with van der Waals surface area (Å²) in [4.78, 5) is 68.1. The van der Waals surface area contributed by atoms with Gasteiger partial charge in [0.25, 0.3) is 0 Å². The first kappa shape index (κ1) is 32.9. The molecule has 37 heavy (non-hydrogen) atoms. The van der Waals surface area contributed by atoms with Crippen LogP contribution in [0.25, 0.3) is 0 Å². The van der Waals surface area contributed by atoms with Crippen molar-refractivity contribution < 1.29 is 34.2 Å². The van der Waals surface area contributed by atoms with Gasteiger partial charge in [0, 0.05) is 19.5 Å². The molecule has 0 spiro atoms. The monoisotopic (exact) mass is 530 g/mol. The van der Waals surface area contributed by atoms with E-state index in [1.165, 1.54) is 6.92 Å². The number of hydrogen-bond acceptors (Lipinski definition) is 8. The summed E-state index contributed by atoms with van der Waals surface area (Å²) in [5.41, 5.74) is 26.5. The third-order valence-electron chi connectivity index (χ3n) is 4.83. The zero-order valence-electron chi connectivity index (χ0n) is 20.7. The van der Waals surface area contributed by atoms with E-state index in [-0.39, 0.29) is 57.1 Å². The fourth-order valence-corrected chi connectivity index (χ4v) is 2.92.